The molecule has 0 spiro atoms. The molecule has 1 amide bonds. The van der Waals surface area contributed by atoms with Crippen LogP contribution in [-0.2, 0) is 16.8 Å². The van der Waals surface area contributed by atoms with Gasteiger partial charge in [0.15, 0.2) is 5.58 Å². The summed E-state index contributed by atoms with van der Waals surface area (Å²) in [6, 6.07) is 21.3. The highest BCUT2D eigenvalue weighted by Crippen LogP contribution is 2.35. The van der Waals surface area contributed by atoms with E-state index in [2.05, 4.69) is 23.5 Å². The lowest BCUT2D eigenvalue weighted by Crippen LogP contribution is -2.39. The Bertz CT molecular complexity index is 1430. The number of hydrogen-bond acceptors (Lipinski definition) is 7. The van der Waals surface area contributed by atoms with Crippen molar-refractivity contribution in [2.24, 2.45) is 0 Å². The van der Waals surface area contributed by atoms with Crippen molar-refractivity contribution in [2.45, 2.75) is 38.6 Å². The number of aryl methyl sites for hydroxylation is 1. The number of hydrogen-bond donors (Lipinski definition) is 1. The third kappa shape index (κ3) is 5.20. The highest BCUT2D eigenvalue weighted by Gasteiger charge is 2.44. The van der Waals surface area contributed by atoms with Gasteiger partial charge in [0, 0.05) is 29.1 Å². The summed E-state index contributed by atoms with van der Waals surface area (Å²) >= 11 is 0.707. The predicted octanol–water partition coefficient (Wildman–Crippen LogP) is 6.49. The van der Waals surface area contributed by atoms with Crippen molar-refractivity contribution in [3.05, 3.63) is 77.9 Å². The minimum atomic E-state index is -0.999. The van der Waals surface area contributed by atoms with Crippen LogP contribution in [0.1, 0.15) is 37.8 Å². The van der Waals surface area contributed by atoms with E-state index >= 15 is 0 Å². The molecule has 5 rings (SSSR count). The number of ether oxygens (including phenoxy) is 2. The second-order valence-electron chi connectivity index (χ2n) is 9.10. The number of para-hydroxylation sites is 1. The van der Waals surface area contributed by atoms with Crippen LogP contribution >= 0.6 is 11.8 Å². The maximum absolute atomic E-state index is 12.2. The van der Waals surface area contributed by atoms with E-state index in [1.807, 2.05) is 60.7 Å². The molecule has 0 saturated carbocycles. The molecule has 0 bridgehead atoms. The second-order valence-corrected chi connectivity index (χ2v) is 10.0. The maximum atomic E-state index is 12.2. The standard InChI is InChI=1S/C29H28N2O5S/c1-3-7-19-18-20(26-23-8-4-5-9-25(23)36-31-26)10-15-24(19)35-17-6-16-34-22-13-11-21(12-14-22)29(2)27(32)37-28(33)30-29/h4-5,8-15,18H,3,6-7,16-17H2,1-2H3,(H,30,33). The third-order valence-corrected chi connectivity index (χ3v) is 7.30. The molecular weight excluding hydrogens is 488 g/mol. The van der Waals surface area contributed by atoms with Gasteiger partial charge in [-0.25, -0.2) is 0 Å². The maximum Gasteiger partial charge on any atom is 0.287 e. The average Bonchev–Trinajstić information content (AvgIpc) is 3.45. The quantitative estimate of drug-likeness (QED) is 0.241. The number of nitrogens with one attached hydrogen (secondary N) is 1. The highest BCUT2D eigenvalue weighted by atomic mass is 32.2. The van der Waals surface area contributed by atoms with Gasteiger partial charge in [0.25, 0.3) is 5.24 Å². The van der Waals surface area contributed by atoms with Gasteiger partial charge in [-0.1, -0.05) is 42.8 Å². The molecular formula is C29H28N2O5S. The van der Waals surface area contributed by atoms with E-state index in [4.69, 9.17) is 14.0 Å². The van der Waals surface area contributed by atoms with Gasteiger partial charge in [-0.15, -0.1) is 0 Å². The number of fused-ring (bicyclic) bond motifs is 1. The summed E-state index contributed by atoms with van der Waals surface area (Å²) in [5, 5.41) is 7.49. The van der Waals surface area contributed by atoms with Crippen LogP contribution in [0.4, 0.5) is 4.79 Å². The lowest BCUT2D eigenvalue weighted by atomic mass is 9.94. The molecule has 2 heterocycles. The average molecular weight is 517 g/mol. The summed E-state index contributed by atoms with van der Waals surface area (Å²) in [4.78, 5) is 23.8. The number of thioether (sulfide) groups is 1. The molecule has 7 nitrogen and oxygen atoms in total. The topological polar surface area (TPSA) is 90.7 Å². The Morgan fingerprint density at radius 2 is 1.78 bits per heavy atom. The Labute approximate surface area is 219 Å². The van der Waals surface area contributed by atoms with Crippen LogP contribution in [0, 0.1) is 0 Å². The molecule has 190 valence electrons. The first-order valence-corrected chi connectivity index (χ1v) is 13.2. The Hall–Kier alpha value is -3.78. The largest absolute Gasteiger partial charge is 0.493 e. The first kappa shape index (κ1) is 24.9. The number of nitrogens with zero attached hydrogens (tertiary/aromatic N) is 1. The normalized spacial score (nSPS) is 17.2. The number of rotatable bonds is 10. The second kappa shape index (κ2) is 10.7. The Morgan fingerprint density at radius 3 is 2.54 bits per heavy atom. The molecule has 3 aromatic carbocycles. The van der Waals surface area contributed by atoms with Crippen LogP contribution in [0.25, 0.3) is 22.2 Å². The van der Waals surface area contributed by atoms with E-state index in [9.17, 15) is 9.59 Å². The Balaban J connectivity index is 1.16. The van der Waals surface area contributed by atoms with Crippen molar-refractivity contribution in [3.63, 3.8) is 0 Å². The fraction of sp³-hybridized carbons (Fsp3) is 0.276. The fourth-order valence-electron chi connectivity index (χ4n) is 4.40. The zero-order valence-electron chi connectivity index (χ0n) is 20.8. The Kier molecular flexibility index (Phi) is 7.19. The van der Waals surface area contributed by atoms with E-state index in [0.717, 1.165) is 51.9 Å². The predicted molar refractivity (Wildman–Crippen MR) is 144 cm³/mol. The van der Waals surface area contributed by atoms with Gasteiger partial charge < -0.3 is 19.3 Å². The number of carbonyl (C=O) groups is 2. The number of aromatic nitrogens is 1. The van der Waals surface area contributed by atoms with E-state index in [1.54, 1.807) is 6.92 Å². The van der Waals surface area contributed by atoms with Crippen molar-refractivity contribution in [1.82, 2.24) is 10.5 Å². The molecule has 0 aliphatic carbocycles. The van der Waals surface area contributed by atoms with Crippen LogP contribution < -0.4 is 14.8 Å². The minimum Gasteiger partial charge on any atom is -0.493 e. The SMILES string of the molecule is CCCc1cc(-c2noc3ccccc23)ccc1OCCCOc1ccc(C2(C)NC(=O)SC2=O)cc1. The molecule has 1 aromatic heterocycles. The van der Waals surface area contributed by atoms with Crippen LogP contribution in [0.15, 0.2) is 71.3 Å². The fourth-order valence-corrected chi connectivity index (χ4v) is 5.20. The summed E-state index contributed by atoms with van der Waals surface area (Å²) in [6.45, 7) is 4.88. The van der Waals surface area contributed by atoms with Crippen molar-refractivity contribution in [3.8, 4) is 22.8 Å². The number of amides is 1. The summed E-state index contributed by atoms with van der Waals surface area (Å²) in [5.41, 5.74) is 3.50. The van der Waals surface area contributed by atoms with Crippen molar-refractivity contribution in [1.29, 1.82) is 0 Å². The third-order valence-electron chi connectivity index (χ3n) is 6.42. The van der Waals surface area contributed by atoms with E-state index < -0.39 is 5.54 Å². The molecule has 4 aromatic rings. The van der Waals surface area contributed by atoms with Crippen molar-refractivity contribution in [2.75, 3.05) is 13.2 Å². The van der Waals surface area contributed by atoms with Crippen LogP contribution in [-0.4, -0.2) is 28.7 Å². The van der Waals surface area contributed by atoms with Gasteiger partial charge in [-0.2, -0.15) is 0 Å². The van der Waals surface area contributed by atoms with Gasteiger partial charge in [0.05, 0.1) is 13.2 Å². The van der Waals surface area contributed by atoms with E-state index in [-0.39, 0.29) is 10.4 Å². The lowest BCUT2D eigenvalue weighted by molar-refractivity contribution is -0.115. The molecule has 0 radical (unpaired) electrons. The molecule has 1 saturated heterocycles. The van der Waals surface area contributed by atoms with Crippen molar-refractivity contribution < 1.29 is 23.6 Å². The molecule has 1 aliphatic rings. The molecule has 37 heavy (non-hydrogen) atoms. The first-order chi connectivity index (χ1) is 18.0. The summed E-state index contributed by atoms with van der Waals surface area (Å²) < 4.78 is 17.4. The smallest absolute Gasteiger partial charge is 0.287 e. The lowest BCUT2D eigenvalue weighted by Gasteiger charge is -2.21. The van der Waals surface area contributed by atoms with Crippen LogP contribution in [0.2, 0.25) is 0 Å². The first-order valence-electron chi connectivity index (χ1n) is 12.4. The summed E-state index contributed by atoms with van der Waals surface area (Å²) in [6.07, 6.45) is 2.62. The molecule has 1 atom stereocenters. The molecule has 1 aliphatic heterocycles. The van der Waals surface area contributed by atoms with Crippen LogP contribution in [0.5, 0.6) is 11.5 Å². The molecule has 1 fully saturated rings. The summed E-state index contributed by atoms with van der Waals surface area (Å²) in [5.74, 6) is 1.57. The molecule has 1 unspecified atom stereocenters. The zero-order valence-corrected chi connectivity index (χ0v) is 21.6. The van der Waals surface area contributed by atoms with Gasteiger partial charge in [0.1, 0.15) is 22.7 Å². The van der Waals surface area contributed by atoms with E-state index in [0.29, 0.717) is 37.1 Å². The molecule has 8 heteroatoms. The molecule has 1 N–H and O–H groups in total. The van der Waals surface area contributed by atoms with Gasteiger partial charge in [-0.3, -0.25) is 9.59 Å². The monoisotopic (exact) mass is 516 g/mol. The van der Waals surface area contributed by atoms with Crippen molar-refractivity contribution >= 4 is 33.1 Å². The van der Waals surface area contributed by atoms with Crippen LogP contribution in [0.3, 0.4) is 0 Å². The van der Waals surface area contributed by atoms with Gasteiger partial charge >= 0.3 is 0 Å². The zero-order chi connectivity index (χ0) is 25.8. The van der Waals surface area contributed by atoms with E-state index in [1.165, 1.54) is 0 Å². The van der Waals surface area contributed by atoms with Gasteiger partial charge in [-0.05, 0) is 66.9 Å². The Morgan fingerprint density at radius 1 is 1.00 bits per heavy atom. The summed E-state index contributed by atoms with van der Waals surface area (Å²) in [7, 11) is 0. The van der Waals surface area contributed by atoms with Gasteiger partial charge in [0.2, 0.25) is 5.12 Å². The highest BCUT2D eigenvalue weighted by molar-refractivity contribution is 8.26. The minimum absolute atomic E-state index is 0.201. The number of benzene rings is 3. The number of carbonyl (C=O) groups excluding carboxylic acids is 2.